The van der Waals surface area contributed by atoms with E-state index >= 15 is 0 Å². The van der Waals surface area contributed by atoms with Crippen molar-refractivity contribution < 1.29 is 13.2 Å². The van der Waals surface area contributed by atoms with Gasteiger partial charge in [-0.1, -0.05) is 31.9 Å². The first-order chi connectivity index (χ1) is 12.5. The number of unbranched alkanes of at least 4 members (excludes halogenated alkanes) is 2. The molecule has 0 amide bonds. The van der Waals surface area contributed by atoms with Crippen molar-refractivity contribution in [2.45, 2.75) is 57.8 Å². The van der Waals surface area contributed by atoms with E-state index in [0.717, 1.165) is 31.2 Å². The smallest absolute Gasteiger partial charge is 0.147 e. The Kier molecular flexibility index (Phi) is 5.66. The normalized spacial score (nSPS) is 16.2. The van der Waals surface area contributed by atoms with Crippen LogP contribution >= 0.6 is 0 Å². The average Bonchev–Trinajstić information content (AvgIpc) is 2.62. The number of hydrogen-bond acceptors (Lipinski definition) is 1. The van der Waals surface area contributed by atoms with Crippen molar-refractivity contribution in [3.63, 3.8) is 0 Å². The lowest BCUT2D eigenvalue weighted by atomic mass is 9.79. The van der Waals surface area contributed by atoms with Crippen LogP contribution in [0.15, 0.2) is 24.3 Å². The molecule has 0 radical (unpaired) electrons. The number of rotatable bonds is 5. The fraction of sp³-hybridized carbons (Fsp3) is 0.409. The largest absolute Gasteiger partial charge is 0.207 e. The van der Waals surface area contributed by atoms with Gasteiger partial charge in [0, 0.05) is 0 Å². The van der Waals surface area contributed by atoms with Gasteiger partial charge in [-0.2, -0.15) is 5.26 Å². The molecule has 26 heavy (non-hydrogen) atoms. The van der Waals surface area contributed by atoms with Gasteiger partial charge in [0.25, 0.3) is 0 Å². The number of halogens is 3. The van der Waals surface area contributed by atoms with Crippen molar-refractivity contribution in [3.05, 3.63) is 69.5 Å². The molecule has 1 unspecified atom stereocenters. The molecule has 0 bridgehead atoms. The Morgan fingerprint density at radius 2 is 1.92 bits per heavy atom. The standard InChI is InChI=1S/C22H22F3N/c1-2-3-4-5-14-6-8-17(20(23)10-14)15-7-9-18-16(11-15)12-21(24)19(13-26)22(18)25/h6,8,10,12,15H,2-5,7,9,11H2,1H3. The van der Waals surface area contributed by atoms with Gasteiger partial charge in [0.15, 0.2) is 0 Å². The summed E-state index contributed by atoms with van der Waals surface area (Å²) < 4.78 is 42.8. The molecule has 0 spiro atoms. The van der Waals surface area contributed by atoms with Gasteiger partial charge in [-0.15, -0.1) is 0 Å². The zero-order valence-corrected chi connectivity index (χ0v) is 14.9. The van der Waals surface area contributed by atoms with Crippen molar-refractivity contribution in [1.82, 2.24) is 0 Å². The lowest BCUT2D eigenvalue weighted by Crippen LogP contribution is -2.17. The maximum absolute atomic E-state index is 14.6. The number of benzene rings is 2. The van der Waals surface area contributed by atoms with Crippen LogP contribution in [0.25, 0.3) is 0 Å². The number of hydrogen-bond donors (Lipinski definition) is 0. The first-order valence-electron chi connectivity index (χ1n) is 9.23. The van der Waals surface area contributed by atoms with Gasteiger partial charge < -0.3 is 0 Å². The van der Waals surface area contributed by atoms with E-state index in [2.05, 4.69) is 6.92 Å². The first-order valence-corrected chi connectivity index (χ1v) is 9.23. The van der Waals surface area contributed by atoms with E-state index in [4.69, 9.17) is 5.26 Å². The van der Waals surface area contributed by atoms with Crippen LogP contribution in [-0.2, 0) is 19.3 Å². The molecule has 2 aromatic rings. The molecule has 136 valence electrons. The van der Waals surface area contributed by atoms with Gasteiger partial charge in [-0.05, 0) is 72.4 Å². The summed E-state index contributed by atoms with van der Waals surface area (Å²) in [6, 6.07) is 8.20. The molecule has 3 rings (SSSR count). The summed E-state index contributed by atoms with van der Waals surface area (Å²) in [5.41, 5.74) is 2.02. The number of aryl methyl sites for hydroxylation is 1. The molecule has 0 saturated heterocycles. The summed E-state index contributed by atoms with van der Waals surface area (Å²) in [5, 5.41) is 8.89. The Morgan fingerprint density at radius 3 is 2.62 bits per heavy atom. The molecular formula is C22H22F3N. The Balaban J connectivity index is 1.82. The molecule has 1 nitrogen and oxygen atoms in total. The molecule has 0 heterocycles. The summed E-state index contributed by atoms with van der Waals surface area (Å²) in [4.78, 5) is 0. The van der Waals surface area contributed by atoms with E-state index < -0.39 is 17.2 Å². The molecule has 0 N–H and O–H groups in total. The fourth-order valence-electron chi connectivity index (χ4n) is 3.85. The third-order valence-corrected chi connectivity index (χ3v) is 5.31. The second-order valence-corrected chi connectivity index (χ2v) is 7.05. The zero-order chi connectivity index (χ0) is 18.7. The van der Waals surface area contributed by atoms with Gasteiger partial charge in [-0.25, -0.2) is 13.2 Å². The van der Waals surface area contributed by atoms with Crippen LogP contribution in [0, 0.1) is 28.8 Å². The molecule has 1 aliphatic carbocycles. The molecular weight excluding hydrogens is 335 g/mol. The quantitative estimate of drug-likeness (QED) is 0.604. The van der Waals surface area contributed by atoms with Gasteiger partial charge in [0.1, 0.15) is 29.1 Å². The van der Waals surface area contributed by atoms with E-state index in [-0.39, 0.29) is 11.7 Å². The average molecular weight is 357 g/mol. The second kappa shape index (κ2) is 7.95. The summed E-state index contributed by atoms with van der Waals surface area (Å²) in [5.74, 6) is -1.93. The summed E-state index contributed by atoms with van der Waals surface area (Å²) in [6.07, 6.45) is 5.54. The van der Waals surface area contributed by atoms with Gasteiger partial charge in [0.2, 0.25) is 0 Å². The van der Waals surface area contributed by atoms with Crippen LogP contribution in [-0.4, -0.2) is 0 Å². The van der Waals surface area contributed by atoms with Crippen LogP contribution in [0.3, 0.4) is 0 Å². The third-order valence-electron chi connectivity index (χ3n) is 5.31. The highest BCUT2D eigenvalue weighted by Crippen LogP contribution is 2.36. The van der Waals surface area contributed by atoms with Crippen molar-refractivity contribution in [2.75, 3.05) is 0 Å². The number of fused-ring (bicyclic) bond motifs is 1. The highest BCUT2D eigenvalue weighted by atomic mass is 19.1. The highest BCUT2D eigenvalue weighted by Gasteiger charge is 2.27. The van der Waals surface area contributed by atoms with Crippen molar-refractivity contribution in [3.8, 4) is 6.07 Å². The number of nitrogens with zero attached hydrogens (tertiary/aromatic N) is 1. The lowest BCUT2D eigenvalue weighted by Gasteiger charge is -2.26. The predicted molar refractivity (Wildman–Crippen MR) is 95.5 cm³/mol. The van der Waals surface area contributed by atoms with E-state index in [0.29, 0.717) is 36.0 Å². The third kappa shape index (κ3) is 3.62. The van der Waals surface area contributed by atoms with Gasteiger partial charge >= 0.3 is 0 Å². The van der Waals surface area contributed by atoms with Crippen LogP contribution in [0.1, 0.15) is 66.3 Å². The Hall–Kier alpha value is -2.28. The van der Waals surface area contributed by atoms with E-state index in [1.807, 2.05) is 12.1 Å². The minimum absolute atomic E-state index is 0.0982. The van der Waals surface area contributed by atoms with Crippen LogP contribution < -0.4 is 0 Å². The minimum atomic E-state index is -0.837. The van der Waals surface area contributed by atoms with Crippen molar-refractivity contribution in [1.29, 1.82) is 5.26 Å². The lowest BCUT2D eigenvalue weighted by molar-refractivity contribution is 0.502. The van der Waals surface area contributed by atoms with Crippen molar-refractivity contribution in [2.24, 2.45) is 0 Å². The Bertz CT molecular complexity index is 851. The Morgan fingerprint density at radius 1 is 1.12 bits per heavy atom. The van der Waals surface area contributed by atoms with E-state index in [1.54, 1.807) is 12.1 Å². The molecule has 2 aromatic carbocycles. The summed E-state index contributed by atoms with van der Waals surface area (Å²) in [7, 11) is 0. The molecule has 0 aromatic heterocycles. The zero-order valence-electron chi connectivity index (χ0n) is 14.9. The predicted octanol–water partition coefficient (Wildman–Crippen LogP) is 5.98. The topological polar surface area (TPSA) is 23.8 Å². The van der Waals surface area contributed by atoms with E-state index in [1.165, 1.54) is 6.07 Å². The van der Waals surface area contributed by atoms with Gasteiger partial charge in [0.05, 0.1) is 0 Å². The SMILES string of the molecule is CCCCCc1ccc(C2CCc3c(cc(F)c(C#N)c3F)C2)c(F)c1. The molecule has 0 aliphatic heterocycles. The van der Waals surface area contributed by atoms with Crippen LogP contribution in [0.4, 0.5) is 13.2 Å². The molecule has 0 saturated carbocycles. The van der Waals surface area contributed by atoms with E-state index in [9.17, 15) is 13.2 Å². The highest BCUT2D eigenvalue weighted by molar-refractivity contribution is 5.44. The van der Waals surface area contributed by atoms with Gasteiger partial charge in [-0.3, -0.25) is 0 Å². The monoisotopic (exact) mass is 357 g/mol. The molecule has 4 heteroatoms. The number of nitriles is 1. The van der Waals surface area contributed by atoms with Crippen LogP contribution in [0.5, 0.6) is 0 Å². The maximum Gasteiger partial charge on any atom is 0.147 e. The minimum Gasteiger partial charge on any atom is -0.207 e. The summed E-state index contributed by atoms with van der Waals surface area (Å²) in [6.45, 7) is 2.13. The Labute approximate surface area is 152 Å². The first kappa shape index (κ1) is 18.5. The summed E-state index contributed by atoms with van der Waals surface area (Å²) >= 11 is 0. The second-order valence-electron chi connectivity index (χ2n) is 7.05. The maximum atomic E-state index is 14.6. The molecule has 0 fully saturated rings. The van der Waals surface area contributed by atoms with Crippen LogP contribution in [0.2, 0.25) is 0 Å². The fourth-order valence-corrected chi connectivity index (χ4v) is 3.85. The molecule has 1 atom stereocenters. The van der Waals surface area contributed by atoms with Crippen molar-refractivity contribution >= 4 is 0 Å². The molecule has 1 aliphatic rings.